The first-order valence-corrected chi connectivity index (χ1v) is 11.5. The average Bonchev–Trinajstić information content (AvgIpc) is 2.47. The molecule has 0 spiro atoms. The van der Waals surface area contributed by atoms with Gasteiger partial charge in [-0.3, -0.25) is 0 Å². The highest BCUT2D eigenvalue weighted by atomic mass is 28.4. The van der Waals surface area contributed by atoms with E-state index in [1.807, 2.05) is 24.3 Å². The lowest BCUT2D eigenvalue weighted by atomic mass is 10.00. The lowest BCUT2D eigenvalue weighted by Gasteiger charge is -2.43. The van der Waals surface area contributed by atoms with Crippen LogP contribution in [0.2, 0.25) is 18.1 Å². The summed E-state index contributed by atoms with van der Waals surface area (Å²) in [5.74, 6) is -1.26. The van der Waals surface area contributed by atoms with Gasteiger partial charge < -0.3 is 19.0 Å². The van der Waals surface area contributed by atoms with E-state index in [2.05, 4.69) is 40.8 Å². The van der Waals surface area contributed by atoms with Crippen LogP contribution in [-0.2, 0) is 19.7 Å². The minimum atomic E-state index is -2.11. The molecule has 0 amide bonds. The van der Waals surface area contributed by atoms with E-state index in [0.717, 1.165) is 17.5 Å². The Bertz CT molecular complexity index is 503. The minimum Gasteiger partial charge on any atom is -0.387 e. The molecule has 5 heteroatoms. The van der Waals surface area contributed by atoms with E-state index < -0.39 is 20.4 Å². The van der Waals surface area contributed by atoms with Crippen LogP contribution in [0.1, 0.15) is 58.0 Å². The first kappa shape index (κ1) is 21.3. The summed E-state index contributed by atoms with van der Waals surface area (Å²) < 4.78 is 17.0. The van der Waals surface area contributed by atoms with Gasteiger partial charge in [-0.05, 0) is 18.1 Å². The second-order valence-electron chi connectivity index (χ2n) is 7.82. The van der Waals surface area contributed by atoms with Gasteiger partial charge in [0.15, 0.2) is 20.4 Å². The fourth-order valence-electron chi connectivity index (χ4n) is 2.44. The van der Waals surface area contributed by atoms with E-state index >= 15 is 0 Å². The highest BCUT2D eigenvalue weighted by Gasteiger charge is 2.44. The van der Waals surface area contributed by atoms with Gasteiger partial charge in [0.25, 0.3) is 0 Å². The third kappa shape index (κ3) is 4.89. The van der Waals surface area contributed by atoms with Crippen molar-refractivity contribution in [3.8, 4) is 0 Å². The van der Waals surface area contributed by atoms with Crippen LogP contribution in [0, 0.1) is 0 Å². The summed E-state index contributed by atoms with van der Waals surface area (Å²) in [7, 11) is 1.11. The van der Waals surface area contributed by atoms with Gasteiger partial charge in [-0.25, -0.2) is 0 Å². The van der Waals surface area contributed by atoms with Crippen molar-refractivity contribution in [1.29, 1.82) is 0 Å². The first-order chi connectivity index (χ1) is 11.0. The third-order valence-corrected chi connectivity index (χ3v) is 9.34. The van der Waals surface area contributed by atoms with E-state index in [-0.39, 0.29) is 5.04 Å². The molecule has 0 saturated carbocycles. The van der Waals surface area contributed by atoms with Crippen molar-refractivity contribution in [1.82, 2.24) is 0 Å². The number of rotatable bonds is 8. The zero-order valence-electron chi connectivity index (χ0n) is 16.5. The highest BCUT2D eigenvalue weighted by Crippen LogP contribution is 2.42. The number of methoxy groups -OCH3 is 2. The number of ether oxygens (including phenoxy) is 2. The molecule has 0 aromatic heterocycles. The Hall–Kier alpha value is -0.723. The monoisotopic (exact) mass is 354 g/mol. The van der Waals surface area contributed by atoms with Crippen LogP contribution in [0.3, 0.4) is 0 Å². The second-order valence-corrected chi connectivity index (χ2v) is 12.5. The zero-order valence-corrected chi connectivity index (χ0v) is 17.5. The number of hydrogen-bond acceptors (Lipinski definition) is 4. The molecule has 0 heterocycles. The maximum atomic E-state index is 11.3. The quantitative estimate of drug-likeness (QED) is 0.530. The Morgan fingerprint density at radius 2 is 1.54 bits per heavy atom. The SMILES string of the molecule is CCCC(O)(O[Si](C)(C)C(C)(C)C)c1ccc(C(OC)OC)cc1. The second kappa shape index (κ2) is 8.10. The van der Waals surface area contributed by atoms with Crippen molar-refractivity contribution < 1.29 is 19.0 Å². The molecule has 138 valence electrons. The van der Waals surface area contributed by atoms with Gasteiger partial charge >= 0.3 is 0 Å². The van der Waals surface area contributed by atoms with Crippen LogP contribution in [0.5, 0.6) is 0 Å². The molecule has 1 aromatic carbocycles. The molecule has 0 radical (unpaired) electrons. The lowest BCUT2D eigenvalue weighted by Crippen LogP contribution is -2.48. The smallest absolute Gasteiger partial charge is 0.196 e. The van der Waals surface area contributed by atoms with Crippen LogP contribution >= 0.6 is 0 Å². The van der Waals surface area contributed by atoms with Crippen LogP contribution < -0.4 is 0 Å². The fraction of sp³-hybridized carbons (Fsp3) is 0.684. The van der Waals surface area contributed by atoms with Crippen molar-refractivity contribution in [3.05, 3.63) is 35.4 Å². The average molecular weight is 355 g/mol. The van der Waals surface area contributed by atoms with Gasteiger partial charge in [0.2, 0.25) is 0 Å². The van der Waals surface area contributed by atoms with E-state index in [0.29, 0.717) is 6.42 Å². The number of aliphatic hydroxyl groups is 1. The third-order valence-electron chi connectivity index (χ3n) is 4.88. The summed E-state index contributed by atoms with van der Waals surface area (Å²) in [5, 5.41) is 11.3. The Labute approximate surface area is 148 Å². The molecule has 1 rings (SSSR count). The molecular weight excluding hydrogens is 320 g/mol. The summed E-state index contributed by atoms with van der Waals surface area (Å²) in [6.07, 6.45) is 1.00. The molecule has 0 fully saturated rings. The first-order valence-electron chi connectivity index (χ1n) is 8.59. The molecule has 0 aliphatic carbocycles. The Balaban J connectivity index is 3.15. The van der Waals surface area contributed by atoms with E-state index in [1.165, 1.54) is 0 Å². The van der Waals surface area contributed by atoms with Gasteiger partial charge in [-0.15, -0.1) is 0 Å². The van der Waals surface area contributed by atoms with Gasteiger partial charge in [-0.1, -0.05) is 58.4 Å². The van der Waals surface area contributed by atoms with Crippen molar-refractivity contribution >= 4 is 8.32 Å². The summed E-state index contributed by atoms with van der Waals surface area (Å²) in [5.41, 5.74) is 1.69. The molecule has 0 bridgehead atoms. The van der Waals surface area contributed by atoms with Gasteiger partial charge in [0.1, 0.15) is 0 Å². The topological polar surface area (TPSA) is 47.9 Å². The highest BCUT2D eigenvalue weighted by molar-refractivity contribution is 6.74. The largest absolute Gasteiger partial charge is 0.387 e. The molecule has 0 saturated heterocycles. The minimum absolute atomic E-state index is 0.0336. The standard InChI is InChI=1S/C19H34O4Si/c1-9-14-19(20,23-24(7,8)18(2,3)4)16-12-10-15(11-13-16)17(21-5)22-6/h10-13,17,20H,9,14H2,1-8H3. The molecule has 1 unspecified atom stereocenters. The molecule has 0 aliphatic rings. The zero-order chi connectivity index (χ0) is 18.6. The number of hydrogen-bond donors (Lipinski definition) is 1. The van der Waals surface area contributed by atoms with E-state index in [4.69, 9.17) is 13.9 Å². The van der Waals surface area contributed by atoms with Crippen LogP contribution in [-0.4, -0.2) is 27.6 Å². The Kier molecular flexibility index (Phi) is 7.20. The van der Waals surface area contributed by atoms with E-state index in [9.17, 15) is 5.11 Å². The molecule has 1 aromatic rings. The summed E-state index contributed by atoms with van der Waals surface area (Å²) in [6, 6.07) is 7.65. The molecular formula is C19H34O4Si. The molecule has 1 atom stereocenters. The molecule has 0 aliphatic heterocycles. The normalized spacial score (nSPS) is 15.6. The Morgan fingerprint density at radius 1 is 1.04 bits per heavy atom. The molecule has 1 N–H and O–H groups in total. The maximum absolute atomic E-state index is 11.3. The van der Waals surface area contributed by atoms with Crippen LogP contribution in [0.4, 0.5) is 0 Å². The summed E-state index contributed by atoms with van der Waals surface area (Å²) >= 11 is 0. The predicted octanol–water partition coefficient (Wildman–Crippen LogP) is 4.95. The van der Waals surface area contributed by atoms with Crippen LogP contribution in [0.15, 0.2) is 24.3 Å². The summed E-state index contributed by atoms with van der Waals surface area (Å²) in [6.45, 7) is 12.9. The lowest BCUT2D eigenvalue weighted by molar-refractivity contribution is -0.161. The Morgan fingerprint density at radius 3 is 1.92 bits per heavy atom. The molecule has 4 nitrogen and oxygen atoms in total. The summed E-state index contributed by atoms with van der Waals surface area (Å²) in [4.78, 5) is 0. The van der Waals surface area contributed by atoms with Crippen molar-refractivity contribution in [2.24, 2.45) is 0 Å². The van der Waals surface area contributed by atoms with Gasteiger partial charge in [-0.2, -0.15) is 0 Å². The van der Waals surface area contributed by atoms with Crippen molar-refractivity contribution in [2.75, 3.05) is 14.2 Å². The van der Waals surface area contributed by atoms with Crippen LogP contribution in [0.25, 0.3) is 0 Å². The number of benzene rings is 1. The van der Waals surface area contributed by atoms with Gasteiger partial charge in [0.05, 0.1) is 0 Å². The van der Waals surface area contributed by atoms with Crippen molar-refractivity contribution in [2.45, 2.75) is 70.7 Å². The van der Waals surface area contributed by atoms with E-state index in [1.54, 1.807) is 14.2 Å². The van der Waals surface area contributed by atoms with Crippen molar-refractivity contribution in [3.63, 3.8) is 0 Å². The fourth-order valence-corrected chi connectivity index (χ4v) is 3.81. The maximum Gasteiger partial charge on any atom is 0.196 e. The predicted molar refractivity (Wildman–Crippen MR) is 100 cm³/mol. The van der Waals surface area contributed by atoms with Gasteiger partial charge in [0, 0.05) is 31.8 Å². The molecule has 24 heavy (non-hydrogen) atoms.